The van der Waals surface area contributed by atoms with Crippen molar-refractivity contribution in [2.24, 2.45) is 0 Å². The predicted molar refractivity (Wildman–Crippen MR) is 65.5 cm³/mol. The smallest absolute Gasteiger partial charge is 0.142 e. The van der Waals surface area contributed by atoms with E-state index in [2.05, 4.69) is 4.98 Å². The summed E-state index contributed by atoms with van der Waals surface area (Å²) in [5, 5.41) is 9.15. The second-order valence-corrected chi connectivity index (χ2v) is 4.34. The van der Waals surface area contributed by atoms with Crippen molar-refractivity contribution in [2.75, 3.05) is 0 Å². The molecular weight excluding hydrogens is 283 g/mol. The Morgan fingerprint density at radius 2 is 1.83 bits per heavy atom. The highest BCUT2D eigenvalue weighted by atomic mass is 35.5. The highest BCUT2D eigenvalue weighted by Crippen LogP contribution is 2.32. The average molecular weight is 290 g/mol. The van der Waals surface area contributed by atoms with Crippen LogP contribution in [0.4, 0.5) is 8.78 Å². The zero-order valence-corrected chi connectivity index (χ0v) is 10.4. The molecule has 94 valence electrons. The molecule has 0 aliphatic rings. The Kier molecular flexibility index (Phi) is 3.80. The second kappa shape index (κ2) is 5.18. The van der Waals surface area contributed by atoms with Crippen LogP contribution < -0.4 is 0 Å². The van der Waals surface area contributed by atoms with E-state index in [1.807, 2.05) is 0 Å². The van der Waals surface area contributed by atoms with Gasteiger partial charge in [-0.3, -0.25) is 0 Å². The maximum absolute atomic E-state index is 13.8. The summed E-state index contributed by atoms with van der Waals surface area (Å²) in [7, 11) is 0. The van der Waals surface area contributed by atoms with E-state index in [-0.39, 0.29) is 27.9 Å². The summed E-state index contributed by atoms with van der Waals surface area (Å²) >= 11 is 11.5. The molecule has 1 aromatic heterocycles. The van der Waals surface area contributed by atoms with Gasteiger partial charge in [0.2, 0.25) is 0 Å². The number of aromatic nitrogens is 1. The summed E-state index contributed by atoms with van der Waals surface area (Å²) in [6, 6.07) is 3.44. The number of aliphatic hydroxyl groups is 1. The number of nitrogens with zero attached hydrogens (tertiary/aromatic N) is 1. The summed E-state index contributed by atoms with van der Waals surface area (Å²) in [6.07, 6.45) is 0.937. The summed E-state index contributed by atoms with van der Waals surface area (Å²) in [5.74, 6) is -1.29. The summed E-state index contributed by atoms with van der Waals surface area (Å²) in [5.41, 5.74) is 0.481. The number of benzene rings is 1. The fraction of sp³-hybridized carbons (Fsp3) is 0.0833. The number of hydrogen-bond donors (Lipinski definition) is 1. The Morgan fingerprint density at radius 3 is 2.50 bits per heavy atom. The molecule has 6 heteroatoms. The molecule has 0 amide bonds. The molecule has 0 fully saturated rings. The van der Waals surface area contributed by atoms with Crippen molar-refractivity contribution in [1.82, 2.24) is 4.98 Å². The lowest BCUT2D eigenvalue weighted by atomic mass is 10.0. The third-order valence-electron chi connectivity index (χ3n) is 2.40. The van der Waals surface area contributed by atoms with Crippen LogP contribution in [0.1, 0.15) is 5.56 Å². The number of pyridine rings is 1. The van der Waals surface area contributed by atoms with Crippen LogP contribution in [0.25, 0.3) is 11.1 Å². The molecule has 0 aliphatic heterocycles. The Labute approximate surface area is 112 Å². The van der Waals surface area contributed by atoms with Gasteiger partial charge in [-0.2, -0.15) is 0 Å². The first kappa shape index (κ1) is 13.2. The number of aliphatic hydroxyl groups excluding tert-OH is 1. The second-order valence-electron chi connectivity index (χ2n) is 3.57. The van der Waals surface area contributed by atoms with Crippen LogP contribution in [-0.2, 0) is 6.61 Å². The maximum atomic E-state index is 13.8. The quantitative estimate of drug-likeness (QED) is 0.853. The fourth-order valence-electron chi connectivity index (χ4n) is 1.53. The lowest BCUT2D eigenvalue weighted by Crippen LogP contribution is -1.94. The molecule has 0 radical (unpaired) electrons. The zero-order chi connectivity index (χ0) is 13.3. The maximum Gasteiger partial charge on any atom is 0.142 e. The van der Waals surface area contributed by atoms with Gasteiger partial charge in [0.05, 0.1) is 12.8 Å². The van der Waals surface area contributed by atoms with Crippen molar-refractivity contribution < 1.29 is 13.9 Å². The summed E-state index contributed by atoms with van der Waals surface area (Å²) in [6.45, 7) is -0.355. The van der Waals surface area contributed by atoms with Crippen LogP contribution in [0.15, 0.2) is 24.4 Å². The first-order valence-corrected chi connectivity index (χ1v) is 5.68. The molecule has 0 bridgehead atoms. The van der Waals surface area contributed by atoms with Crippen LogP contribution in [0.5, 0.6) is 0 Å². The average Bonchev–Trinajstić information content (AvgIpc) is 2.33. The number of rotatable bonds is 2. The Morgan fingerprint density at radius 1 is 1.11 bits per heavy atom. The molecule has 0 aliphatic carbocycles. The number of hydrogen-bond acceptors (Lipinski definition) is 2. The minimum atomic E-state index is -0.661. The standard InChI is InChI=1S/C12H7Cl2F2NO/c13-10-3-11(16)8(1-6(10)5-18)9-2-7(15)4-17-12(9)14/h1-4,18H,5H2. The summed E-state index contributed by atoms with van der Waals surface area (Å²) in [4.78, 5) is 3.60. The molecule has 1 N–H and O–H groups in total. The molecule has 2 aromatic rings. The van der Waals surface area contributed by atoms with E-state index in [1.54, 1.807) is 0 Å². The minimum Gasteiger partial charge on any atom is -0.392 e. The number of halogens is 4. The predicted octanol–water partition coefficient (Wildman–Crippen LogP) is 3.83. The van der Waals surface area contributed by atoms with Gasteiger partial charge in [0.15, 0.2) is 0 Å². The van der Waals surface area contributed by atoms with E-state index in [1.165, 1.54) is 6.07 Å². The van der Waals surface area contributed by atoms with Crippen LogP contribution in [0, 0.1) is 11.6 Å². The Balaban J connectivity index is 2.66. The molecule has 0 unspecified atom stereocenters. The first-order valence-electron chi connectivity index (χ1n) is 4.93. The van der Waals surface area contributed by atoms with Crippen molar-refractivity contribution >= 4 is 23.2 Å². The summed E-state index contributed by atoms with van der Waals surface area (Å²) < 4.78 is 26.9. The molecule has 1 heterocycles. The van der Waals surface area contributed by atoms with Gasteiger partial charge < -0.3 is 5.11 Å². The van der Waals surface area contributed by atoms with Gasteiger partial charge in [0, 0.05) is 16.1 Å². The van der Waals surface area contributed by atoms with Crippen molar-refractivity contribution in [1.29, 1.82) is 0 Å². The van der Waals surface area contributed by atoms with Crippen LogP contribution in [-0.4, -0.2) is 10.1 Å². The van der Waals surface area contributed by atoms with E-state index >= 15 is 0 Å². The third-order valence-corrected chi connectivity index (χ3v) is 3.06. The molecule has 0 spiro atoms. The molecule has 0 atom stereocenters. The van der Waals surface area contributed by atoms with Gasteiger partial charge >= 0.3 is 0 Å². The van der Waals surface area contributed by atoms with E-state index in [0.717, 1.165) is 18.3 Å². The van der Waals surface area contributed by atoms with Gasteiger partial charge in [-0.05, 0) is 23.8 Å². The van der Waals surface area contributed by atoms with Gasteiger partial charge in [-0.1, -0.05) is 23.2 Å². The van der Waals surface area contributed by atoms with E-state index < -0.39 is 11.6 Å². The highest BCUT2D eigenvalue weighted by Gasteiger charge is 2.14. The first-order chi connectivity index (χ1) is 8.52. The zero-order valence-electron chi connectivity index (χ0n) is 8.92. The Bertz CT molecular complexity index is 605. The van der Waals surface area contributed by atoms with Gasteiger partial charge in [0.1, 0.15) is 16.8 Å². The lowest BCUT2D eigenvalue weighted by Gasteiger charge is -2.09. The van der Waals surface area contributed by atoms with Gasteiger partial charge in [-0.15, -0.1) is 0 Å². The molecule has 2 rings (SSSR count). The van der Waals surface area contributed by atoms with Crippen LogP contribution in [0.3, 0.4) is 0 Å². The normalized spacial score (nSPS) is 10.7. The van der Waals surface area contributed by atoms with Crippen molar-refractivity contribution in [2.45, 2.75) is 6.61 Å². The topological polar surface area (TPSA) is 33.1 Å². The van der Waals surface area contributed by atoms with E-state index in [9.17, 15) is 8.78 Å². The van der Waals surface area contributed by atoms with E-state index in [4.69, 9.17) is 28.3 Å². The van der Waals surface area contributed by atoms with Crippen LogP contribution >= 0.6 is 23.2 Å². The monoisotopic (exact) mass is 289 g/mol. The van der Waals surface area contributed by atoms with Crippen molar-refractivity contribution in [3.8, 4) is 11.1 Å². The van der Waals surface area contributed by atoms with E-state index in [0.29, 0.717) is 5.56 Å². The highest BCUT2D eigenvalue weighted by molar-refractivity contribution is 6.32. The third kappa shape index (κ3) is 2.46. The van der Waals surface area contributed by atoms with Gasteiger partial charge in [0.25, 0.3) is 0 Å². The molecular formula is C12H7Cl2F2NO. The molecule has 1 aromatic carbocycles. The molecule has 0 saturated heterocycles. The fourth-order valence-corrected chi connectivity index (χ4v) is 1.95. The molecule has 18 heavy (non-hydrogen) atoms. The van der Waals surface area contributed by atoms with Crippen LogP contribution in [0.2, 0.25) is 10.2 Å². The molecule has 2 nitrogen and oxygen atoms in total. The van der Waals surface area contributed by atoms with Gasteiger partial charge in [-0.25, -0.2) is 13.8 Å². The minimum absolute atomic E-state index is 0.0264. The van der Waals surface area contributed by atoms with Crippen molar-refractivity contribution in [3.63, 3.8) is 0 Å². The largest absolute Gasteiger partial charge is 0.392 e. The lowest BCUT2D eigenvalue weighted by molar-refractivity contribution is 0.282. The SMILES string of the molecule is OCc1cc(-c2cc(F)cnc2Cl)c(F)cc1Cl. The van der Waals surface area contributed by atoms with Crippen molar-refractivity contribution in [3.05, 3.63) is 51.8 Å². The molecule has 0 saturated carbocycles. The Hall–Kier alpha value is -1.23.